The first-order chi connectivity index (χ1) is 9.12. The zero-order chi connectivity index (χ0) is 15.2. The number of anilines is 1. The van der Waals surface area contributed by atoms with Gasteiger partial charge in [-0.05, 0) is 36.7 Å². The lowest BCUT2D eigenvalue weighted by molar-refractivity contribution is 0.542. The molecule has 0 saturated heterocycles. The number of rotatable bonds is 1. The highest BCUT2D eigenvalue weighted by atomic mass is 79.9. The molecule has 0 spiro atoms. The van der Waals surface area contributed by atoms with E-state index in [1.807, 2.05) is 25.5 Å². The van der Waals surface area contributed by atoms with E-state index in [-0.39, 0.29) is 5.41 Å². The molecule has 0 aliphatic carbocycles. The lowest BCUT2D eigenvalue weighted by atomic mass is 9.95. The van der Waals surface area contributed by atoms with Crippen LogP contribution in [0, 0.1) is 20.8 Å². The fourth-order valence-corrected chi connectivity index (χ4v) is 2.14. The number of aromatic nitrogens is 4. The molecule has 0 amide bonds. The summed E-state index contributed by atoms with van der Waals surface area (Å²) in [4.78, 5) is 9.08. The van der Waals surface area contributed by atoms with E-state index in [4.69, 9.17) is 5.73 Å². The minimum atomic E-state index is -0.163. The topological polar surface area (TPSA) is 69.6 Å². The van der Waals surface area contributed by atoms with Crippen molar-refractivity contribution in [2.75, 3.05) is 5.73 Å². The molecule has 2 aromatic heterocycles. The van der Waals surface area contributed by atoms with Crippen molar-refractivity contribution >= 4 is 21.7 Å². The molecule has 2 N–H and O–H groups in total. The zero-order valence-corrected chi connectivity index (χ0v) is 14.3. The van der Waals surface area contributed by atoms with E-state index in [0.717, 1.165) is 33.1 Å². The molecule has 6 heteroatoms. The summed E-state index contributed by atoms with van der Waals surface area (Å²) in [6, 6.07) is 0. The van der Waals surface area contributed by atoms with Crippen LogP contribution in [0.2, 0.25) is 0 Å². The maximum atomic E-state index is 6.05. The first-order valence-corrected chi connectivity index (χ1v) is 7.29. The molecular formula is C14H20BrN5. The van der Waals surface area contributed by atoms with Crippen LogP contribution in [-0.2, 0) is 5.41 Å². The molecule has 2 rings (SSSR count). The van der Waals surface area contributed by atoms with Crippen LogP contribution in [0.25, 0.3) is 5.82 Å². The van der Waals surface area contributed by atoms with Crippen molar-refractivity contribution in [3.05, 3.63) is 27.2 Å². The standard InChI is InChI=1S/C14H20BrN5/c1-7-11(16)17-13(14(4,5)6)18-12(7)20-9(3)10(15)8(2)19-20/h1-6H3,(H2,16,17,18). The summed E-state index contributed by atoms with van der Waals surface area (Å²) < 4.78 is 2.81. The molecule has 0 bridgehead atoms. The number of nitrogens with zero attached hydrogens (tertiary/aromatic N) is 4. The molecule has 0 radical (unpaired) electrons. The highest BCUT2D eigenvalue weighted by Gasteiger charge is 2.22. The predicted molar refractivity (Wildman–Crippen MR) is 84.2 cm³/mol. The monoisotopic (exact) mass is 337 g/mol. The number of hydrogen-bond acceptors (Lipinski definition) is 4. The quantitative estimate of drug-likeness (QED) is 0.867. The number of nitrogen functional groups attached to an aromatic ring is 1. The van der Waals surface area contributed by atoms with Gasteiger partial charge in [0.15, 0.2) is 5.82 Å². The predicted octanol–water partition coefficient (Wildman–Crippen LogP) is 3.23. The fraction of sp³-hybridized carbons (Fsp3) is 0.500. The number of hydrogen-bond donors (Lipinski definition) is 1. The van der Waals surface area contributed by atoms with Gasteiger partial charge in [-0.15, -0.1) is 0 Å². The van der Waals surface area contributed by atoms with Crippen molar-refractivity contribution in [2.45, 2.75) is 47.0 Å². The third-order valence-corrected chi connectivity index (χ3v) is 4.38. The van der Waals surface area contributed by atoms with E-state index in [1.165, 1.54) is 0 Å². The van der Waals surface area contributed by atoms with Crippen LogP contribution in [0.5, 0.6) is 0 Å². The second kappa shape index (κ2) is 4.84. The molecule has 0 fully saturated rings. The van der Waals surface area contributed by atoms with Crippen molar-refractivity contribution in [1.82, 2.24) is 19.7 Å². The Morgan fingerprint density at radius 2 is 1.70 bits per heavy atom. The SMILES string of the molecule is Cc1nn(-c2nc(C(C)(C)C)nc(N)c2C)c(C)c1Br. The molecule has 0 unspecified atom stereocenters. The molecule has 108 valence electrons. The van der Waals surface area contributed by atoms with E-state index in [1.54, 1.807) is 0 Å². The number of halogens is 1. The van der Waals surface area contributed by atoms with Crippen molar-refractivity contribution in [1.29, 1.82) is 0 Å². The van der Waals surface area contributed by atoms with Gasteiger partial charge < -0.3 is 5.73 Å². The van der Waals surface area contributed by atoms with Crippen LogP contribution in [0.4, 0.5) is 5.82 Å². The minimum Gasteiger partial charge on any atom is -0.383 e. The summed E-state index contributed by atoms with van der Waals surface area (Å²) in [6.07, 6.45) is 0. The Kier molecular flexibility index (Phi) is 3.62. The molecule has 0 aliphatic rings. The van der Waals surface area contributed by atoms with Gasteiger partial charge in [0.25, 0.3) is 0 Å². The molecule has 0 saturated carbocycles. The van der Waals surface area contributed by atoms with Crippen molar-refractivity contribution in [3.8, 4) is 5.82 Å². The lowest BCUT2D eigenvalue weighted by Gasteiger charge is -2.19. The number of nitrogens with two attached hydrogens (primary N) is 1. The van der Waals surface area contributed by atoms with Crippen LogP contribution in [0.1, 0.15) is 43.5 Å². The van der Waals surface area contributed by atoms with Crippen LogP contribution in [0.3, 0.4) is 0 Å². The fourth-order valence-electron chi connectivity index (χ4n) is 1.89. The van der Waals surface area contributed by atoms with E-state index in [9.17, 15) is 0 Å². The highest BCUT2D eigenvalue weighted by Crippen LogP contribution is 2.27. The minimum absolute atomic E-state index is 0.163. The van der Waals surface area contributed by atoms with E-state index >= 15 is 0 Å². The Hall–Kier alpha value is -1.43. The van der Waals surface area contributed by atoms with Crippen LogP contribution in [0.15, 0.2) is 4.47 Å². The van der Waals surface area contributed by atoms with Gasteiger partial charge in [-0.3, -0.25) is 0 Å². The lowest BCUT2D eigenvalue weighted by Crippen LogP contribution is -2.20. The summed E-state index contributed by atoms with van der Waals surface area (Å²) >= 11 is 3.54. The molecule has 5 nitrogen and oxygen atoms in total. The maximum Gasteiger partial charge on any atom is 0.162 e. The molecule has 0 aromatic carbocycles. The van der Waals surface area contributed by atoms with Gasteiger partial charge in [0.1, 0.15) is 11.6 Å². The largest absolute Gasteiger partial charge is 0.383 e. The van der Waals surface area contributed by atoms with E-state index in [0.29, 0.717) is 5.82 Å². The highest BCUT2D eigenvalue weighted by molar-refractivity contribution is 9.10. The normalized spacial score (nSPS) is 11.9. The first kappa shape index (κ1) is 15.0. The summed E-state index contributed by atoms with van der Waals surface area (Å²) in [5.41, 5.74) is 8.66. The summed E-state index contributed by atoms with van der Waals surface area (Å²) in [5.74, 6) is 1.97. The third kappa shape index (κ3) is 2.44. The van der Waals surface area contributed by atoms with E-state index in [2.05, 4.69) is 51.8 Å². The zero-order valence-electron chi connectivity index (χ0n) is 12.7. The van der Waals surface area contributed by atoms with Gasteiger partial charge in [0.05, 0.1) is 15.9 Å². The van der Waals surface area contributed by atoms with Gasteiger partial charge >= 0.3 is 0 Å². The second-order valence-electron chi connectivity index (χ2n) is 6.03. The van der Waals surface area contributed by atoms with Crippen molar-refractivity contribution in [2.24, 2.45) is 0 Å². The molecule has 0 aliphatic heterocycles. The smallest absolute Gasteiger partial charge is 0.162 e. The average molecular weight is 338 g/mol. The van der Waals surface area contributed by atoms with Gasteiger partial charge in [0, 0.05) is 11.0 Å². The Labute approximate surface area is 127 Å². The number of aryl methyl sites for hydroxylation is 1. The van der Waals surface area contributed by atoms with Gasteiger partial charge in [-0.1, -0.05) is 20.8 Å². The Bertz CT molecular complexity index is 667. The van der Waals surface area contributed by atoms with Crippen molar-refractivity contribution < 1.29 is 0 Å². The molecule has 0 atom stereocenters. The summed E-state index contributed by atoms with van der Waals surface area (Å²) in [5, 5.41) is 4.53. The molecule has 2 heterocycles. The van der Waals surface area contributed by atoms with Crippen molar-refractivity contribution in [3.63, 3.8) is 0 Å². The Balaban J connectivity index is 2.73. The third-order valence-electron chi connectivity index (χ3n) is 3.23. The molecule has 20 heavy (non-hydrogen) atoms. The van der Waals surface area contributed by atoms with E-state index < -0.39 is 0 Å². The first-order valence-electron chi connectivity index (χ1n) is 6.49. The molecular weight excluding hydrogens is 318 g/mol. The van der Waals surface area contributed by atoms with Crippen LogP contribution in [-0.4, -0.2) is 19.7 Å². The summed E-state index contributed by atoms with van der Waals surface area (Å²) in [7, 11) is 0. The maximum absolute atomic E-state index is 6.05. The van der Waals surface area contributed by atoms with Gasteiger partial charge in [-0.2, -0.15) is 5.10 Å². The average Bonchev–Trinajstić information content (AvgIpc) is 2.59. The Morgan fingerprint density at radius 1 is 1.10 bits per heavy atom. The van der Waals surface area contributed by atoms with Crippen LogP contribution < -0.4 is 5.73 Å². The summed E-state index contributed by atoms with van der Waals surface area (Å²) in [6.45, 7) is 12.1. The second-order valence-corrected chi connectivity index (χ2v) is 6.82. The van der Waals surface area contributed by atoms with Gasteiger partial charge in [0.2, 0.25) is 0 Å². The Morgan fingerprint density at radius 3 is 2.15 bits per heavy atom. The van der Waals surface area contributed by atoms with Gasteiger partial charge in [-0.25, -0.2) is 14.6 Å². The molecule has 2 aromatic rings. The van der Waals surface area contributed by atoms with Crippen LogP contribution >= 0.6 is 15.9 Å².